The summed E-state index contributed by atoms with van der Waals surface area (Å²) < 4.78 is 1.59. The maximum absolute atomic E-state index is 12.7. The van der Waals surface area contributed by atoms with Crippen molar-refractivity contribution in [3.63, 3.8) is 0 Å². The highest BCUT2D eigenvalue weighted by Crippen LogP contribution is 2.31. The zero-order valence-corrected chi connectivity index (χ0v) is 17.4. The van der Waals surface area contributed by atoms with Gasteiger partial charge in [0.2, 0.25) is 5.78 Å². The van der Waals surface area contributed by atoms with Gasteiger partial charge in [0, 0.05) is 63.4 Å². The molecular formula is C21H23N7O3. The van der Waals surface area contributed by atoms with Crippen LogP contribution in [0.25, 0.3) is 0 Å². The molecule has 10 heteroatoms. The Kier molecular flexibility index (Phi) is 5.61. The van der Waals surface area contributed by atoms with Gasteiger partial charge in [0.15, 0.2) is 11.6 Å². The molecule has 0 amide bonds. The van der Waals surface area contributed by atoms with Crippen molar-refractivity contribution < 1.29 is 9.72 Å². The molecule has 10 nitrogen and oxygen atoms in total. The molecule has 0 aliphatic carbocycles. The van der Waals surface area contributed by atoms with Gasteiger partial charge in [-0.1, -0.05) is 0 Å². The standard InChI is InChI=1S/C21H23N7O3/c1-25-12-10-22-21(25)20(29)15-7-8-17(18(13-15)28(30)31)26(2)14-16-5-4-11-27(16)19-6-3-9-23-24-19/h3,6-10,12-13,16H,4-5,11,14H2,1-2H3. The fourth-order valence-corrected chi connectivity index (χ4v) is 4.04. The number of aryl methyl sites for hydroxylation is 1. The van der Waals surface area contributed by atoms with Crippen LogP contribution in [-0.4, -0.2) is 56.6 Å². The lowest BCUT2D eigenvalue weighted by Gasteiger charge is -2.30. The number of hydrogen-bond donors (Lipinski definition) is 0. The molecule has 1 saturated heterocycles. The molecule has 4 rings (SSSR count). The predicted octanol–water partition coefficient (Wildman–Crippen LogP) is 2.45. The summed E-state index contributed by atoms with van der Waals surface area (Å²) in [6.07, 6.45) is 6.80. The lowest BCUT2D eigenvalue weighted by atomic mass is 10.1. The average molecular weight is 421 g/mol. The van der Waals surface area contributed by atoms with Crippen molar-refractivity contribution in [2.24, 2.45) is 7.05 Å². The Balaban J connectivity index is 1.58. The van der Waals surface area contributed by atoms with Crippen LogP contribution in [0.3, 0.4) is 0 Å². The first-order valence-corrected chi connectivity index (χ1v) is 10.0. The summed E-state index contributed by atoms with van der Waals surface area (Å²) in [7, 11) is 3.54. The number of nitrogens with zero attached hydrogens (tertiary/aromatic N) is 7. The largest absolute Gasteiger partial charge is 0.367 e. The quantitative estimate of drug-likeness (QED) is 0.325. The SMILES string of the molecule is CN(CC1CCCN1c1cccnn1)c1ccc(C(=O)c2nccn2C)cc1[N+](=O)[O-]. The first kappa shape index (κ1) is 20.5. The van der Waals surface area contributed by atoms with Crippen molar-refractivity contribution in [3.05, 3.63) is 70.4 Å². The molecule has 1 aliphatic heterocycles. The van der Waals surface area contributed by atoms with Crippen molar-refractivity contribution in [2.75, 3.05) is 29.9 Å². The van der Waals surface area contributed by atoms with Crippen molar-refractivity contribution >= 4 is 23.0 Å². The molecule has 0 N–H and O–H groups in total. The zero-order chi connectivity index (χ0) is 22.0. The Morgan fingerprint density at radius 3 is 2.84 bits per heavy atom. The first-order valence-electron chi connectivity index (χ1n) is 10.0. The first-order chi connectivity index (χ1) is 15.0. The molecule has 2 aromatic heterocycles. The van der Waals surface area contributed by atoms with E-state index in [-0.39, 0.29) is 28.9 Å². The molecule has 1 aliphatic rings. The van der Waals surface area contributed by atoms with E-state index in [1.807, 2.05) is 24.1 Å². The van der Waals surface area contributed by atoms with Crippen molar-refractivity contribution in [3.8, 4) is 0 Å². The normalized spacial score (nSPS) is 15.8. The smallest absolute Gasteiger partial charge is 0.293 e. The van der Waals surface area contributed by atoms with Crippen LogP contribution in [0, 0.1) is 10.1 Å². The Hall–Kier alpha value is -3.82. The third-order valence-electron chi connectivity index (χ3n) is 5.58. The highest BCUT2D eigenvalue weighted by molar-refractivity contribution is 6.07. The van der Waals surface area contributed by atoms with Crippen LogP contribution in [0.2, 0.25) is 0 Å². The third kappa shape index (κ3) is 4.09. The highest BCUT2D eigenvalue weighted by Gasteiger charge is 2.29. The molecule has 1 aromatic carbocycles. The number of imidazole rings is 1. The minimum atomic E-state index is -0.448. The van der Waals surface area contributed by atoms with E-state index in [1.165, 1.54) is 12.3 Å². The van der Waals surface area contributed by atoms with Gasteiger partial charge >= 0.3 is 0 Å². The summed E-state index contributed by atoms with van der Waals surface area (Å²) in [6.45, 7) is 1.46. The number of anilines is 2. The van der Waals surface area contributed by atoms with Gasteiger partial charge in [0.1, 0.15) is 5.69 Å². The highest BCUT2D eigenvalue weighted by atomic mass is 16.6. The average Bonchev–Trinajstić information content (AvgIpc) is 3.42. The number of likely N-dealkylation sites (N-methyl/N-ethyl adjacent to an activating group) is 1. The van der Waals surface area contributed by atoms with Gasteiger partial charge in [-0.2, -0.15) is 5.10 Å². The summed E-state index contributed by atoms with van der Waals surface area (Å²) in [5, 5.41) is 20.0. The summed E-state index contributed by atoms with van der Waals surface area (Å²) >= 11 is 0. The van der Waals surface area contributed by atoms with Crippen molar-refractivity contribution in [1.82, 2.24) is 19.7 Å². The van der Waals surface area contributed by atoms with E-state index in [0.29, 0.717) is 12.2 Å². The molecule has 31 heavy (non-hydrogen) atoms. The van der Waals surface area contributed by atoms with E-state index < -0.39 is 4.92 Å². The Bertz CT molecular complexity index is 1100. The second-order valence-corrected chi connectivity index (χ2v) is 7.60. The molecule has 3 heterocycles. The molecule has 0 radical (unpaired) electrons. The zero-order valence-electron chi connectivity index (χ0n) is 17.4. The number of carbonyl (C=O) groups excluding carboxylic acids is 1. The Labute approximate surface area is 179 Å². The number of ketones is 1. The Morgan fingerprint density at radius 2 is 2.16 bits per heavy atom. The lowest BCUT2D eigenvalue weighted by Crippen LogP contribution is -2.39. The number of nitro benzene ring substituents is 1. The van der Waals surface area contributed by atoms with Gasteiger partial charge < -0.3 is 14.4 Å². The van der Waals surface area contributed by atoms with Gasteiger partial charge in [-0.25, -0.2) is 4.98 Å². The minimum absolute atomic E-state index is 0.105. The van der Waals surface area contributed by atoms with Gasteiger partial charge in [-0.3, -0.25) is 14.9 Å². The van der Waals surface area contributed by atoms with Gasteiger partial charge in [0.25, 0.3) is 5.69 Å². The monoisotopic (exact) mass is 421 g/mol. The summed E-state index contributed by atoms with van der Waals surface area (Å²) in [5.74, 6) is 0.694. The van der Waals surface area contributed by atoms with E-state index >= 15 is 0 Å². The number of rotatable bonds is 7. The summed E-state index contributed by atoms with van der Waals surface area (Å²) in [5.41, 5.74) is 0.596. The third-order valence-corrected chi connectivity index (χ3v) is 5.58. The molecule has 0 saturated carbocycles. The van der Waals surface area contributed by atoms with E-state index in [4.69, 9.17) is 0 Å². The molecule has 160 valence electrons. The van der Waals surface area contributed by atoms with Crippen LogP contribution >= 0.6 is 0 Å². The van der Waals surface area contributed by atoms with Crippen LogP contribution in [-0.2, 0) is 7.05 Å². The number of aromatic nitrogens is 4. The van der Waals surface area contributed by atoms with E-state index in [1.54, 1.807) is 36.1 Å². The van der Waals surface area contributed by atoms with Crippen LogP contribution < -0.4 is 9.80 Å². The molecule has 0 bridgehead atoms. The van der Waals surface area contributed by atoms with Crippen LogP contribution in [0.15, 0.2) is 48.9 Å². The number of hydrogen-bond acceptors (Lipinski definition) is 8. The van der Waals surface area contributed by atoms with Crippen molar-refractivity contribution in [2.45, 2.75) is 18.9 Å². The summed E-state index contributed by atoms with van der Waals surface area (Å²) in [6, 6.07) is 8.52. The van der Waals surface area contributed by atoms with Crippen LogP contribution in [0.1, 0.15) is 29.0 Å². The lowest BCUT2D eigenvalue weighted by molar-refractivity contribution is -0.384. The molecule has 0 spiro atoms. The molecule has 1 atom stereocenters. The molecule has 1 unspecified atom stereocenters. The fraction of sp³-hybridized carbons (Fsp3) is 0.333. The number of carbonyl (C=O) groups is 1. The van der Waals surface area contributed by atoms with Crippen LogP contribution in [0.4, 0.5) is 17.2 Å². The molecule has 3 aromatic rings. The van der Waals surface area contributed by atoms with Crippen LogP contribution in [0.5, 0.6) is 0 Å². The van der Waals surface area contributed by atoms with Gasteiger partial charge in [0.05, 0.1) is 4.92 Å². The maximum atomic E-state index is 12.7. The fourth-order valence-electron chi connectivity index (χ4n) is 4.04. The van der Waals surface area contributed by atoms with E-state index in [9.17, 15) is 14.9 Å². The number of benzene rings is 1. The Morgan fingerprint density at radius 1 is 1.32 bits per heavy atom. The topological polar surface area (TPSA) is 110 Å². The van der Waals surface area contributed by atoms with E-state index in [2.05, 4.69) is 20.1 Å². The van der Waals surface area contributed by atoms with Gasteiger partial charge in [-0.05, 0) is 37.1 Å². The second-order valence-electron chi connectivity index (χ2n) is 7.60. The second kappa shape index (κ2) is 8.50. The predicted molar refractivity (Wildman–Crippen MR) is 115 cm³/mol. The minimum Gasteiger partial charge on any atom is -0.367 e. The van der Waals surface area contributed by atoms with Gasteiger partial charge in [-0.15, -0.1) is 5.10 Å². The summed E-state index contributed by atoms with van der Waals surface area (Å²) in [4.78, 5) is 32.2. The van der Waals surface area contributed by atoms with Crippen molar-refractivity contribution in [1.29, 1.82) is 0 Å². The molecule has 1 fully saturated rings. The molecular weight excluding hydrogens is 398 g/mol. The maximum Gasteiger partial charge on any atom is 0.293 e. The number of nitro groups is 1. The van der Waals surface area contributed by atoms with E-state index in [0.717, 1.165) is 25.2 Å².